The van der Waals surface area contributed by atoms with Crippen molar-refractivity contribution in [2.45, 2.75) is 6.54 Å². The second-order valence-electron chi connectivity index (χ2n) is 5.16. The fourth-order valence-electron chi connectivity index (χ4n) is 2.08. The van der Waals surface area contributed by atoms with E-state index in [9.17, 15) is 4.79 Å². The van der Waals surface area contributed by atoms with Gasteiger partial charge in [0, 0.05) is 18.3 Å². The molecule has 0 saturated carbocycles. The van der Waals surface area contributed by atoms with E-state index in [0.29, 0.717) is 27.5 Å². The van der Waals surface area contributed by atoms with E-state index >= 15 is 0 Å². The normalized spacial score (nSPS) is 10.7. The van der Waals surface area contributed by atoms with E-state index in [4.69, 9.17) is 32.5 Å². The molecular weight excluding hydrogens is 367 g/mol. The van der Waals surface area contributed by atoms with Crippen LogP contribution in [0.3, 0.4) is 0 Å². The Morgan fingerprint density at radius 2 is 2.20 bits per heavy atom. The number of hydrogen-bond acceptors (Lipinski definition) is 5. The van der Waals surface area contributed by atoms with Crippen molar-refractivity contribution < 1.29 is 14.1 Å². The predicted molar refractivity (Wildman–Crippen MR) is 92.5 cm³/mol. The Morgan fingerprint density at radius 1 is 1.36 bits per heavy atom. The highest BCUT2D eigenvalue weighted by atomic mass is 35.5. The Kier molecular flexibility index (Phi) is 5.25. The molecule has 25 heavy (non-hydrogen) atoms. The zero-order valence-electron chi connectivity index (χ0n) is 13.2. The van der Waals surface area contributed by atoms with Gasteiger partial charge in [0.2, 0.25) is 11.7 Å². The fourth-order valence-corrected chi connectivity index (χ4v) is 2.55. The molecule has 0 atom stereocenters. The number of ether oxygens (including phenoxy) is 1. The zero-order chi connectivity index (χ0) is 17.8. The molecule has 9 heteroatoms. The number of amides is 1. The number of nitrogens with one attached hydrogen (secondary N) is 1. The molecule has 130 valence electrons. The van der Waals surface area contributed by atoms with Gasteiger partial charge in [-0.2, -0.15) is 4.98 Å². The maximum Gasteiger partial charge on any atom is 0.258 e. The van der Waals surface area contributed by atoms with E-state index in [2.05, 4.69) is 15.5 Å². The first kappa shape index (κ1) is 17.3. The highest BCUT2D eigenvalue weighted by Crippen LogP contribution is 2.27. The summed E-state index contributed by atoms with van der Waals surface area (Å²) in [4.78, 5) is 16.1. The maximum atomic E-state index is 11.9. The van der Waals surface area contributed by atoms with Crippen LogP contribution >= 0.6 is 23.2 Å². The lowest BCUT2D eigenvalue weighted by atomic mass is 10.3. The molecule has 1 aromatic carbocycles. The lowest BCUT2D eigenvalue weighted by Gasteiger charge is -2.07. The van der Waals surface area contributed by atoms with Crippen LogP contribution in [0.5, 0.6) is 5.75 Å². The smallest absolute Gasteiger partial charge is 0.258 e. The molecule has 0 aliphatic rings. The summed E-state index contributed by atoms with van der Waals surface area (Å²) in [5.41, 5.74) is 0.821. The molecule has 2 heterocycles. The van der Waals surface area contributed by atoms with Gasteiger partial charge in [-0.3, -0.25) is 4.79 Å². The lowest BCUT2D eigenvalue weighted by Crippen LogP contribution is -2.28. The summed E-state index contributed by atoms with van der Waals surface area (Å²) in [7, 11) is 1.88. The number of hydrogen-bond donors (Lipinski definition) is 1. The largest absolute Gasteiger partial charge is 0.482 e. The molecule has 0 spiro atoms. The van der Waals surface area contributed by atoms with Gasteiger partial charge in [-0.1, -0.05) is 28.4 Å². The standard InChI is InChI=1S/C16H14Cl2N4O3/c1-22-6-2-3-12(22)16-20-15(25-21-16)8-19-14(23)9-24-13-5-4-10(17)7-11(13)18/h2-7H,8-9H2,1H3,(H,19,23). The zero-order valence-corrected chi connectivity index (χ0v) is 14.7. The van der Waals surface area contributed by atoms with E-state index < -0.39 is 0 Å². The SMILES string of the molecule is Cn1cccc1-c1noc(CNC(=O)COc2ccc(Cl)cc2Cl)n1. The van der Waals surface area contributed by atoms with Crippen LogP contribution in [0.1, 0.15) is 5.89 Å². The Morgan fingerprint density at radius 3 is 2.92 bits per heavy atom. The fraction of sp³-hybridized carbons (Fsp3) is 0.188. The van der Waals surface area contributed by atoms with Crippen molar-refractivity contribution in [1.29, 1.82) is 0 Å². The molecule has 0 unspecified atom stereocenters. The molecule has 0 fully saturated rings. The van der Waals surface area contributed by atoms with Gasteiger partial charge in [0.25, 0.3) is 5.91 Å². The van der Waals surface area contributed by atoms with Gasteiger partial charge >= 0.3 is 0 Å². The van der Waals surface area contributed by atoms with Crippen LogP contribution in [-0.2, 0) is 18.4 Å². The van der Waals surface area contributed by atoms with E-state index in [0.717, 1.165) is 5.69 Å². The highest BCUT2D eigenvalue weighted by Gasteiger charge is 2.12. The van der Waals surface area contributed by atoms with Gasteiger partial charge in [0.05, 0.1) is 17.3 Å². The number of aromatic nitrogens is 3. The highest BCUT2D eigenvalue weighted by molar-refractivity contribution is 6.35. The first-order valence-corrected chi connectivity index (χ1v) is 8.07. The van der Waals surface area contributed by atoms with Crippen LogP contribution < -0.4 is 10.1 Å². The Bertz CT molecular complexity index is 891. The summed E-state index contributed by atoms with van der Waals surface area (Å²) in [6.45, 7) is -0.0892. The number of benzene rings is 1. The maximum absolute atomic E-state index is 11.9. The second-order valence-corrected chi connectivity index (χ2v) is 6.00. The Balaban J connectivity index is 1.51. The minimum Gasteiger partial charge on any atom is -0.482 e. The van der Waals surface area contributed by atoms with Gasteiger partial charge in [-0.25, -0.2) is 0 Å². The van der Waals surface area contributed by atoms with Crippen LogP contribution in [0.15, 0.2) is 41.1 Å². The average Bonchev–Trinajstić information content (AvgIpc) is 3.20. The molecule has 0 radical (unpaired) electrons. The summed E-state index contributed by atoms with van der Waals surface area (Å²) in [5.74, 6) is 0.796. The molecule has 3 rings (SSSR count). The quantitative estimate of drug-likeness (QED) is 0.710. The van der Waals surface area contributed by atoms with E-state index in [1.807, 2.05) is 29.9 Å². The molecule has 2 aromatic heterocycles. The van der Waals surface area contributed by atoms with Crippen LogP contribution in [-0.4, -0.2) is 27.2 Å². The first-order valence-electron chi connectivity index (χ1n) is 7.32. The van der Waals surface area contributed by atoms with Crippen molar-refractivity contribution in [2.75, 3.05) is 6.61 Å². The van der Waals surface area contributed by atoms with Crippen molar-refractivity contribution >= 4 is 29.1 Å². The van der Waals surface area contributed by atoms with Crippen LogP contribution in [0, 0.1) is 0 Å². The van der Waals surface area contributed by atoms with Gasteiger partial charge in [0.15, 0.2) is 6.61 Å². The van der Waals surface area contributed by atoms with Crippen LogP contribution in [0.25, 0.3) is 11.5 Å². The van der Waals surface area contributed by atoms with E-state index in [-0.39, 0.29) is 19.1 Å². The summed E-state index contributed by atoms with van der Waals surface area (Å²) in [6, 6.07) is 8.52. The number of rotatable bonds is 6. The summed E-state index contributed by atoms with van der Waals surface area (Å²) in [5, 5.41) is 7.36. The van der Waals surface area contributed by atoms with Crippen molar-refractivity contribution in [3.05, 3.63) is 52.5 Å². The lowest BCUT2D eigenvalue weighted by molar-refractivity contribution is -0.123. The van der Waals surface area contributed by atoms with E-state index in [1.165, 1.54) is 0 Å². The van der Waals surface area contributed by atoms with Gasteiger partial charge in [-0.05, 0) is 30.3 Å². The van der Waals surface area contributed by atoms with Crippen LogP contribution in [0.4, 0.5) is 0 Å². The molecular formula is C16H14Cl2N4O3. The monoisotopic (exact) mass is 380 g/mol. The van der Waals surface area contributed by atoms with Crippen molar-refractivity contribution in [2.24, 2.45) is 7.05 Å². The number of carbonyl (C=O) groups is 1. The number of halogens is 2. The summed E-state index contributed by atoms with van der Waals surface area (Å²) < 4.78 is 12.3. The Labute approximate surface area is 153 Å². The van der Waals surface area contributed by atoms with Crippen molar-refractivity contribution in [3.8, 4) is 17.3 Å². The van der Waals surface area contributed by atoms with Crippen molar-refractivity contribution in [1.82, 2.24) is 20.0 Å². The predicted octanol–water partition coefficient (Wildman–Crippen LogP) is 3.08. The molecule has 0 aliphatic heterocycles. The topological polar surface area (TPSA) is 82.2 Å². The third-order valence-electron chi connectivity index (χ3n) is 3.33. The molecule has 0 saturated heterocycles. The molecule has 0 aliphatic carbocycles. The molecule has 1 N–H and O–H groups in total. The molecule has 7 nitrogen and oxygen atoms in total. The van der Waals surface area contributed by atoms with Crippen molar-refractivity contribution in [3.63, 3.8) is 0 Å². The average molecular weight is 381 g/mol. The Hall–Kier alpha value is -2.51. The minimum absolute atomic E-state index is 0.105. The van der Waals surface area contributed by atoms with Gasteiger partial charge < -0.3 is 19.1 Å². The molecule has 0 bridgehead atoms. The molecule has 1 amide bonds. The summed E-state index contributed by atoms with van der Waals surface area (Å²) >= 11 is 11.8. The number of nitrogens with zero attached hydrogens (tertiary/aromatic N) is 3. The third kappa shape index (κ3) is 4.32. The second kappa shape index (κ2) is 7.58. The number of aryl methyl sites for hydroxylation is 1. The third-order valence-corrected chi connectivity index (χ3v) is 3.86. The van der Waals surface area contributed by atoms with Gasteiger partial charge in [0.1, 0.15) is 5.75 Å². The first-order chi connectivity index (χ1) is 12.0. The minimum atomic E-state index is -0.343. The van der Waals surface area contributed by atoms with Crippen LogP contribution in [0.2, 0.25) is 10.0 Å². The summed E-state index contributed by atoms with van der Waals surface area (Å²) in [6.07, 6.45) is 1.88. The molecule has 3 aromatic rings. The number of carbonyl (C=O) groups excluding carboxylic acids is 1. The van der Waals surface area contributed by atoms with Gasteiger partial charge in [-0.15, -0.1) is 0 Å². The van der Waals surface area contributed by atoms with E-state index in [1.54, 1.807) is 18.2 Å².